The van der Waals surface area contributed by atoms with Gasteiger partial charge in [0.15, 0.2) is 0 Å². The molecule has 19 heavy (non-hydrogen) atoms. The number of nitrogens with zero attached hydrogens (tertiary/aromatic N) is 1. The van der Waals surface area contributed by atoms with Crippen LogP contribution in [0.25, 0.3) is 10.2 Å². The Kier molecular flexibility index (Phi) is 4.07. The van der Waals surface area contributed by atoms with Crippen molar-refractivity contribution in [2.75, 3.05) is 6.61 Å². The predicted octanol–water partition coefficient (Wildman–Crippen LogP) is 2.38. The van der Waals surface area contributed by atoms with E-state index in [4.69, 9.17) is 4.74 Å². The molecule has 0 saturated carbocycles. The zero-order valence-electron chi connectivity index (χ0n) is 11.0. The average Bonchev–Trinajstić information content (AvgIpc) is 2.71. The molecule has 0 aliphatic heterocycles. The fourth-order valence-corrected chi connectivity index (χ4v) is 4.13. The lowest BCUT2D eigenvalue weighted by molar-refractivity contribution is 0.341. The molecule has 0 atom stereocenters. The van der Waals surface area contributed by atoms with Gasteiger partial charge in [-0.15, -0.1) is 11.3 Å². The molecule has 1 N–H and O–H groups in total. The van der Waals surface area contributed by atoms with Crippen LogP contribution >= 0.6 is 11.3 Å². The van der Waals surface area contributed by atoms with Crippen LogP contribution in [0.1, 0.15) is 20.8 Å². The van der Waals surface area contributed by atoms with Crippen molar-refractivity contribution in [1.82, 2.24) is 9.71 Å². The second-order valence-electron chi connectivity index (χ2n) is 4.32. The molecule has 0 aliphatic carbocycles. The summed E-state index contributed by atoms with van der Waals surface area (Å²) in [5.74, 6) is 0.722. The SMILES string of the molecule is CCOc1ccc2nc(S(=O)(=O)NC(C)C)sc2c1. The maximum absolute atomic E-state index is 12.0. The van der Waals surface area contributed by atoms with Crippen molar-refractivity contribution in [2.45, 2.75) is 31.2 Å². The maximum atomic E-state index is 12.0. The van der Waals surface area contributed by atoms with Crippen molar-refractivity contribution in [2.24, 2.45) is 0 Å². The Hall–Kier alpha value is -1.18. The fourth-order valence-electron chi connectivity index (χ4n) is 1.62. The summed E-state index contributed by atoms with van der Waals surface area (Å²) in [5.41, 5.74) is 0.664. The highest BCUT2D eigenvalue weighted by molar-refractivity contribution is 7.91. The molecule has 1 heterocycles. The molecule has 0 fully saturated rings. The summed E-state index contributed by atoms with van der Waals surface area (Å²) in [6, 6.07) is 5.21. The Balaban J connectivity index is 2.41. The van der Waals surface area contributed by atoms with Crippen LogP contribution < -0.4 is 9.46 Å². The smallest absolute Gasteiger partial charge is 0.268 e. The van der Waals surface area contributed by atoms with E-state index in [1.807, 2.05) is 13.0 Å². The van der Waals surface area contributed by atoms with E-state index in [1.165, 1.54) is 0 Å². The van der Waals surface area contributed by atoms with E-state index < -0.39 is 10.0 Å². The number of aromatic nitrogens is 1. The molecule has 0 unspecified atom stereocenters. The zero-order chi connectivity index (χ0) is 14.0. The van der Waals surface area contributed by atoms with Crippen LogP contribution in [0.3, 0.4) is 0 Å². The Labute approximate surface area is 116 Å². The quantitative estimate of drug-likeness (QED) is 0.920. The molecule has 0 spiro atoms. The first-order valence-electron chi connectivity index (χ1n) is 5.98. The summed E-state index contributed by atoms with van der Waals surface area (Å²) in [6.07, 6.45) is 0. The van der Waals surface area contributed by atoms with Gasteiger partial charge in [0.2, 0.25) is 4.34 Å². The van der Waals surface area contributed by atoms with E-state index >= 15 is 0 Å². The van der Waals surface area contributed by atoms with E-state index in [1.54, 1.807) is 26.0 Å². The van der Waals surface area contributed by atoms with E-state index in [0.29, 0.717) is 12.1 Å². The van der Waals surface area contributed by atoms with Gasteiger partial charge in [0.05, 0.1) is 16.8 Å². The minimum Gasteiger partial charge on any atom is -0.494 e. The predicted molar refractivity (Wildman–Crippen MR) is 76.2 cm³/mol. The third-order valence-corrected chi connectivity index (χ3v) is 5.33. The van der Waals surface area contributed by atoms with Gasteiger partial charge in [0.1, 0.15) is 5.75 Å². The molecule has 1 aromatic heterocycles. The minimum absolute atomic E-state index is 0.0878. The van der Waals surface area contributed by atoms with Gasteiger partial charge in [-0.3, -0.25) is 0 Å². The van der Waals surface area contributed by atoms with Gasteiger partial charge in [0.25, 0.3) is 10.0 Å². The van der Waals surface area contributed by atoms with Crippen molar-refractivity contribution in [3.05, 3.63) is 18.2 Å². The second-order valence-corrected chi connectivity index (χ2v) is 7.24. The molecule has 0 radical (unpaired) electrons. The average molecular weight is 300 g/mol. The summed E-state index contributed by atoms with van der Waals surface area (Å²) < 4.78 is 32.9. The number of thiazole rings is 1. The van der Waals surface area contributed by atoms with E-state index in [9.17, 15) is 8.42 Å². The monoisotopic (exact) mass is 300 g/mol. The molecule has 0 amide bonds. The van der Waals surface area contributed by atoms with Crippen molar-refractivity contribution < 1.29 is 13.2 Å². The number of hydrogen-bond acceptors (Lipinski definition) is 5. The molecule has 1 aromatic carbocycles. The van der Waals surface area contributed by atoms with Gasteiger partial charge in [-0.05, 0) is 39.0 Å². The van der Waals surface area contributed by atoms with Crippen molar-refractivity contribution in [1.29, 1.82) is 0 Å². The molecule has 0 saturated heterocycles. The zero-order valence-corrected chi connectivity index (χ0v) is 12.6. The Bertz CT molecular complexity index is 677. The molecule has 7 heteroatoms. The van der Waals surface area contributed by atoms with Gasteiger partial charge >= 0.3 is 0 Å². The van der Waals surface area contributed by atoms with Gasteiger partial charge < -0.3 is 4.74 Å². The highest BCUT2D eigenvalue weighted by Gasteiger charge is 2.20. The first-order chi connectivity index (χ1) is 8.92. The lowest BCUT2D eigenvalue weighted by Gasteiger charge is -2.05. The minimum atomic E-state index is -3.53. The molecule has 0 aliphatic rings. The van der Waals surface area contributed by atoms with E-state index in [-0.39, 0.29) is 10.4 Å². The van der Waals surface area contributed by atoms with Crippen molar-refractivity contribution >= 4 is 31.6 Å². The highest BCUT2D eigenvalue weighted by Crippen LogP contribution is 2.28. The van der Waals surface area contributed by atoms with Crippen LogP contribution in [0, 0.1) is 0 Å². The maximum Gasteiger partial charge on any atom is 0.268 e. The number of nitrogens with one attached hydrogen (secondary N) is 1. The first kappa shape index (κ1) is 14.2. The number of hydrogen-bond donors (Lipinski definition) is 1. The largest absolute Gasteiger partial charge is 0.494 e. The van der Waals surface area contributed by atoms with Crippen LogP contribution in [0.4, 0.5) is 0 Å². The second kappa shape index (κ2) is 5.44. The van der Waals surface area contributed by atoms with Crippen LogP contribution in [-0.4, -0.2) is 26.1 Å². The van der Waals surface area contributed by atoms with Crippen LogP contribution in [0.15, 0.2) is 22.5 Å². The summed E-state index contributed by atoms with van der Waals surface area (Å²) in [7, 11) is -3.53. The van der Waals surface area contributed by atoms with Crippen molar-refractivity contribution in [3.8, 4) is 5.75 Å². The summed E-state index contributed by atoms with van der Waals surface area (Å²) >= 11 is 1.14. The topological polar surface area (TPSA) is 68.3 Å². The summed E-state index contributed by atoms with van der Waals surface area (Å²) in [4.78, 5) is 4.15. The van der Waals surface area contributed by atoms with Crippen LogP contribution in [-0.2, 0) is 10.0 Å². The number of benzene rings is 1. The summed E-state index contributed by atoms with van der Waals surface area (Å²) in [5, 5.41) is 0. The normalized spacial score (nSPS) is 12.2. The Morgan fingerprint density at radius 3 is 2.79 bits per heavy atom. The van der Waals surface area contributed by atoms with Crippen LogP contribution in [0.2, 0.25) is 0 Å². The molecule has 2 aromatic rings. The highest BCUT2D eigenvalue weighted by atomic mass is 32.2. The van der Waals surface area contributed by atoms with Gasteiger partial charge in [-0.25, -0.2) is 18.1 Å². The van der Waals surface area contributed by atoms with Gasteiger partial charge in [0, 0.05) is 6.04 Å². The molecule has 5 nitrogen and oxygen atoms in total. The molecule has 104 valence electrons. The third-order valence-electron chi connectivity index (χ3n) is 2.27. The lowest BCUT2D eigenvalue weighted by Crippen LogP contribution is -2.30. The molecular formula is C12H16N2O3S2. The summed E-state index contributed by atoms with van der Waals surface area (Å²) in [6.45, 7) is 6.03. The van der Waals surface area contributed by atoms with E-state index in [0.717, 1.165) is 21.8 Å². The number of rotatable bonds is 5. The van der Waals surface area contributed by atoms with Gasteiger partial charge in [-0.1, -0.05) is 0 Å². The van der Waals surface area contributed by atoms with Gasteiger partial charge in [-0.2, -0.15) is 0 Å². The Morgan fingerprint density at radius 1 is 1.42 bits per heavy atom. The van der Waals surface area contributed by atoms with Crippen LogP contribution in [0.5, 0.6) is 5.75 Å². The number of fused-ring (bicyclic) bond motifs is 1. The third kappa shape index (κ3) is 3.23. The van der Waals surface area contributed by atoms with E-state index in [2.05, 4.69) is 9.71 Å². The fraction of sp³-hybridized carbons (Fsp3) is 0.417. The standard InChI is InChI=1S/C12H16N2O3S2/c1-4-17-9-5-6-10-11(7-9)18-12(13-10)19(15,16)14-8(2)3/h5-8,14H,4H2,1-3H3. The lowest BCUT2D eigenvalue weighted by atomic mass is 10.3. The number of ether oxygens (including phenoxy) is 1. The molecular weight excluding hydrogens is 284 g/mol. The van der Waals surface area contributed by atoms with Crippen molar-refractivity contribution in [3.63, 3.8) is 0 Å². The number of sulfonamides is 1. The molecule has 2 rings (SSSR count). The Morgan fingerprint density at radius 2 is 2.16 bits per heavy atom. The first-order valence-corrected chi connectivity index (χ1v) is 8.28. The molecule has 0 bridgehead atoms.